The number of phenolic OH excluding ortho intramolecular Hbond substituents is 1. The summed E-state index contributed by atoms with van der Waals surface area (Å²) in [6.45, 7) is 0.167. The third-order valence-corrected chi connectivity index (χ3v) is 5.19. The van der Waals surface area contributed by atoms with Gasteiger partial charge in [-0.2, -0.15) is 14.0 Å². The zero-order valence-electron chi connectivity index (χ0n) is 16.5. The molecule has 0 aliphatic carbocycles. The molecular weight excluding hydrogens is 519 g/mol. The summed E-state index contributed by atoms with van der Waals surface area (Å²) in [4.78, 5) is 16.9. The standard InChI is InChI=1S/C22H18F2IN3O3/c1-31-18-5-2-14(3-6-18)12-28-13-27-20(22(23,24)25)19(21(28)30)7-4-15-8-16(11-26)10-17(29)9-15/h2-3,5-6,8-10,13,29H,4,7,12H2,1H3. The molecule has 0 fully saturated rings. The summed E-state index contributed by atoms with van der Waals surface area (Å²) in [6.07, 6.45) is 1.30. The van der Waals surface area contributed by atoms with E-state index in [9.17, 15) is 18.7 Å². The lowest BCUT2D eigenvalue weighted by atomic mass is 10.0. The van der Waals surface area contributed by atoms with E-state index < -0.39 is 15.2 Å². The molecule has 9 heteroatoms. The Morgan fingerprint density at radius 2 is 1.90 bits per heavy atom. The number of benzene rings is 2. The van der Waals surface area contributed by atoms with Gasteiger partial charge in [-0.3, -0.25) is 9.36 Å². The quantitative estimate of drug-likeness (QED) is 0.362. The Bertz CT molecular complexity index is 1180. The van der Waals surface area contributed by atoms with Gasteiger partial charge in [-0.1, -0.05) is 12.1 Å². The first-order chi connectivity index (χ1) is 14.7. The summed E-state index contributed by atoms with van der Waals surface area (Å²) in [6, 6.07) is 13.3. The number of hydrogen-bond donors (Lipinski definition) is 1. The number of methoxy groups -OCH3 is 1. The number of ether oxygens (including phenoxy) is 1. The van der Waals surface area contributed by atoms with Crippen molar-refractivity contribution in [1.82, 2.24) is 9.55 Å². The largest absolute Gasteiger partial charge is 0.508 e. The van der Waals surface area contributed by atoms with Crippen LogP contribution in [-0.2, 0) is 23.3 Å². The number of aromatic hydroxyl groups is 1. The predicted octanol–water partition coefficient (Wildman–Crippen LogP) is 4.15. The lowest BCUT2D eigenvalue weighted by Gasteiger charge is -2.15. The van der Waals surface area contributed by atoms with Crippen molar-refractivity contribution >= 4 is 22.6 Å². The Morgan fingerprint density at radius 1 is 1.19 bits per heavy atom. The number of hydrogen-bond acceptors (Lipinski definition) is 5. The van der Waals surface area contributed by atoms with Gasteiger partial charge >= 0.3 is 3.93 Å². The molecule has 1 N–H and O–H groups in total. The smallest absolute Gasteiger partial charge is 0.338 e. The van der Waals surface area contributed by atoms with Crippen LogP contribution in [0.15, 0.2) is 53.6 Å². The van der Waals surface area contributed by atoms with E-state index >= 15 is 0 Å². The third kappa shape index (κ3) is 5.58. The van der Waals surface area contributed by atoms with Crippen LogP contribution in [0.3, 0.4) is 0 Å². The number of nitriles is 1. The van der Waals surface area contributed by atoms with Crippen LogP contribution >= 0.6 is 22.6 Å². The lowest BCUT2D eigenvalue weighted by Crippen LogP contribution is -2.29. The van der Waals surface area contributed by atoms with Crippen molar-refractivity contribution in [3.8, 4) is 17.6 Å². The maximum absolute atomic E-state index is 14.1. The van der Waals surface area contributed by atoms with Gasteiger partial charge in [0.25, 0.3) is 5.56 Å². The summed E-state index contributed by atoms with van der Waals surface area (Å²) < 4.78 is 31.3. The van der Waals surface area contributed by atoms with E-state index in [1.807, 2.05) is 6.07 Å². The second-order valence-corrected chi connectivity index (χ2v) is 8.21. The van der Waals surface area contributed by atoms with E-state index in [2.05, 4.69) is 4.98 Å². The van der Waals surface area contributed by atoms with E-state index in [0.29, 0.717) is 11.3 Å². The number of aromatic nitrogens is 2. The maximum Gasteiger partial charge on any atom is 0.338 e. The Hall–Kier alpha value is -3.00. The molecule has 3 aromatic rings. The second-order valence-electron chi connectivity index (χ2n) is 6.85. The first-order valence-electron chi connectivity index (χ1n) is 9.22. The van der Waals surface area contributed by atoms with Crippen LogP contribution in [0, 0.1) is 11.3 Å². The molecule has 0 saturated heterocycles. The molecule has 0 bridgehead atoms. The van der Waals surface area contributed by atoms with Gasteiger partial charge in [0.15, 0.2) is 0 Å². The zero-order chi connectivity index (χ0) is 22.6. The highest BCUT2D eigenvalue weighted by molar-refractivity contribution is 14.1. The van der Waals surface area contributed by atoms with Gasteiger partial charge in [-0.05, 0) is 54.3 Å². The molecule has 0 radical (unpaired) electrons. The summed E-state index contributed by atoms with van der Waals surface area (Å²) in [5.41, 5.74) is 0.359. The number of halogens is 3. The van der Waals surface area contributed by atoms with Crippen molar-refractivity contribution in [2.45, 2.75) is 23.3 Å². The SMILES string of the molecule is COc1ccc(Cn2cnc(C(F)(F)I)c(CCc3cc(O)cc(C#N)c3)c2=O)cc1. The highest BCUT2D eigenvalue weighted by atomic mass is 127. The first kappa shape index (κ1) is 22.7. The number of aryl methyl sites for hydroxylation is 1. The summed E-state index contributed by atoms with van der Waals surface area (Å²) in [5.74, 6) is 0.564. The Balaban J connectivity index is 1.94. The molecule has 1 aromatic heterocycles. The van der Waals surface area contributed by atoms with E-state index in [0.717, 1.165) is 34.5 Å². The van der Waals surface area contributed by atoms with Gasteiger partial charge < -0.3 is 9.84 Å². The average Bonchev–Trinajstić information content (AvgIpc) is 2.73. The van der Waals surface area contributed by atoms with Crippen LogP contribution < -0.4 is 10.3 Å². The molecule has 6 nitrogen and oxygen atoms in total. The molecule has 0 spiro atoms. The zero-order valence-corrected chi connectivity index (χ0v) is 18.6. The molecule has 0 aliphatic rings. The van der Waals surface area contributed by atoms with E-state index in [1.165, 1.54) is 16.7 Å². The van der Waals surface area contributed by atoms with Gasteiger partial charge in [-0.25, -0.2) is 4.98 Å². The van der Waals surface area contributed by atoms with Crippen molar-refractivity contribution in [2.24, 2.45) is 0 Å². The molecule has 31 heavy (non-hydrogen) atoms. The van der Waals surface area contributed by atoms with E-state index in [1.54, 1.807) is 37.4 Å². The minimum absolute atomic E-state index is 0.0163. The molecule has 0 unspecified atom stereocenters. The Labute approximate surface area is 190 Å². The summed E-state index contributed by atoms with van der Waals surface area (Å²) >= 11 is 0.958. The number of rotatable bonds is 7. The van der Waals surface area contributed by atoms with Crippen LogP contribution in [0.1, 0.15) is 27.9 Å². The molecule has 0 aliphatic heterocycles. The minimum atomic E-state index is -3.32. The Kier molecular flexibility index (Phi) is 6.90. The van der Waals surface area contributed by atoms with Crippen molar-refractivity contribution < 1.29 is 18.6 Å². The van der Waals surface area contributed by atoms with Gasteiger partial charge in [0.1, 0.15) is 17.2 Å². The molecule has 0 amide bonds. The number of nitrogens with zero attached hydrogens (tertiary/aromatic N) is 3. The van der Waals surface area contributed by atoms with E-state index in [-0.39, 0.29) is 36.3 Å². The van der Waals surface area contributed by atoms with Gasteiger partial charge in [0.05, 0.1) is 31.6 Å². The van der Waals surface area contributed by atoms with E-state index in [4.69, 9.17) is 10.00 Å². The highest BCUT2D eigenvalue weighted by Crippen LogP contribution is 2.35. The molecule has 1 heterocycles. The topological polar surface area (TPSA) is 88.1 Å². The van der Waals surface area contributed by atoms with Crippen molar-refractivity contribution in [3.63, 3.8) is 0 Å². The van der Waals surface area contributed by atoms with Crippen LogP contribution in [0.5, 0.6) is 11.5 Å². The molecule has 0 saturated carbocycles. The minimum Gasteiger partial charge on any atom is -0.508 e. The van der Waals surface area contributed by atoms with Crippen LogP contribution in [-0.4, -0.2) is 21.8 Å². The molecular formula is C22H18F2IN3O3. The monoisotopic (exact) mass is 537 g/mol. The fourth-order valence-corrected chi connectivity index (χ4v) is 3.66. The average molecular weight is 537 g/mol. The highest BCUT2D eigenvalue weighted by Gasteiger charge is 2.33. The van der Waals surface area contributed by atoms with Crippen LogP contribution in [0.2, 0.25) is 0 Å². The normalized spacial score (nSPS) is 11.2. The molecule has 2 aromatic carbocycles. The molecule has 3 rings (SSSR count). The number of phenols is 1. The van der Waals surface area contributed by atoms with Crippen molar-refractivity contribution in [2.75, 3.05) is 7.11 Å². The number of alkyl halides is 3. The van der Waals surface area contributed by atoms with Crippen LogP contribution in [0.25, 0.3) is 0 Å². The fourth-order valence-electron chi connectivity index (χ4n) is 3.19. The van der Waals surface area contributed by atoms with Gasteiger partial charge in [-0.15, -0.1) is 0 Å². The lowest BCUT2D eigenvalue weighted by molar-refractivity contribution is 0.120. The summed E-state index contributed by atoms with van der Waals surface area (Å²) in [7, 11) is 1.55. The summed E-state index contributed by atoms with van der Waals surface area (Å²) in [5, 5.41) is 18.8. The van der Waals surface area contributed by atoms with Crippen molar-refractivity contribution in [3.05, 3.63) is 87.1 Å². The first-order valence-corrected chi connectivity index (χ1v) is 10.3. The Morgan fingerprint density at radius 3 is 2.52 bits per heavy atom. The van der Waals surface area contributed by atoms with Gasteiger partial charge in [0, 0.05) is 28.2 Å². The van der Waals surface area contributed by atoms with Crippen LogP contribution in [0.4, 0.5) is 8.78 Å². The third-order valence-electron chi connectivity index (χ3n) is 4.68. The fraction of sp³-hybridized carbons (Fsp3) is 0.227. The van der Waals surface area contributed by atoms with Gasteiger partial charge in [0.2, 0.25) is 0 Å². The molecule has 160 valence electrons. The van der Waals surface area contributed by atoms with Crippen molar-refractivity contribution in [1.29, 1.82) is 5.26 Å². The second kappa shape index (κ2) is 9.43. The predicted molar refractivity (Wildman–Crippen MR) is 119 cm³/mol. The maximum atomic E-state index is 14.1. The molecule has 0 atom stereocenters.